The number of hydrogen-bond acceptors (Lipinski definition) is 5. The molecule has 178 valence electrons. The minimum Gasteiger partial charge on any atom is -0.504 e. The van der Waals surface area contributed by atoms with Crippen LogP contribution in [0.4, 0.5) is 10.7 Å². The van der Waals surface area contributed by atoms with Crippen LogP contribution in [0.25, 0.3) is 0 Å². The molecule has 0 fully saturated rings. The number of anilines is 1. The highest BCUT2D eigenvalue weighted by Crippen LogP contribution is 2.39. The molecule has 0 saturated carbocycles. The molecule has 1 aliphatic rings. The van der Waals surface area contributed by atoms with E-state index in [-0.39, 0.29) is 11.7 Å². The van der Waals surface area contributed by atoms with Crippen molar-refractivity contribution >= 4 is 34.1 Å². The number of nitrogens with one attached hydrogen (secondary N) is 1. The van der Waals surface area contributed by atoms with Crippen LogP contribution in [0.3, 0.4) is 0 Å². The normalized spacial score (nSPS) is 13.9. The number of carbonyl (C=O) groups is 1. The molecule has 1 aromatic heterocycles. The lowest BCUT2D eigenvalue weighted by atomic mass is 9.96. The number of phenolic OH excluding ortho intramolecular Hbond substituents is 1. The first-order valence-electron chi connectivity index (χ1n) is 12.0. The van der Waals surface area contributed by atoms with Gasteiger partial charge < -0.3 is 15.2 Å². The monoisotopic (exact) mass is 476 g/mol. The smallest absolute Gasteiger partial charge is 0.259 e. The van der Waals surface area contributed by atoms with Crippen molar-refractivity contribution in [2.45, 2.75) is 59.3 Å². The molecule has 0 saturated heterocycles. The van der Waals surface area contributed by atoms with Gasteiger partial charge in [0.2, 0.25) is 0 Å². The summed E-state index contributed by atoms with van der Waals surface area (Å²) in [6.45, 7) is 6.46. The number of aryl methyl sites for hydroxylation is 3. The number of fused-ring (bicyclic) bond motifs is 1. The highest BCUT2D eigenvalue weighted by atomic mass is 32.1. The molecule has 2 aromatic carbocycles. The summed E-state index contributed by atoms with van der Waals surface area (Å²) in [7, 11) is 0. The van der Waals surface area contributed by atoms with Crippen LogP contribution in [-0.4, -0.2) is 23.8 Å². The molecule has 1 amide bonds. The second-order valence-corrected chi connectivity index (χ2v) is 9.85. The zero-order chi connectivity index (χ0) is 24.1. The quantitative estimate of drug-likeness (QED) is 0.372. The number of phenols is 1. The Morgan fingerprint density at radius 1 is 1.09 bits per heavy atom. The first-order valence-corrected chi connectivity index (χ1v) is 12.8. The van der Waals surface area contributed by atoms with E-state index >= 15 is 0 Å². The number of carbonyl (C=O) groups excluding carboxylic acids is 1. The summed E-state index contributed by atoms with van der Waals surface area (Å²) in [5.74, 6) is 0.429. The zero-order valence-electron chi connectivity index (χ0n) is 20.1. The van der Waals surface area contributed by atoms with Gasteiger partial charge in [0.25, 0.3) is 5.91 Å². The van der Waals surface area contributed by atoms with Crippen molar-refractivity contribution in [3.05, 3.63) is 69.1 Å². The van der Waals surface area contributed by atoms with Gasteiger partial charge in [-0.25, -0.2) is 4.99 Å². The van der Waals surface area contributed by atoms with Gasteiger partial charge >= 0.3 is 0 Å². The molecule has 0 aliphatic heterocycles. The van der Waals surface area contributed by atoms with E-state index in [4.69, 9.17) is 9.73 Å². The number of thiophene rings is 1. The molecule has 3 aromatic rings. The third-order valence-electron chi connectivity index (χ3n) is 6.26. The van der Waals surface area contributed by atoms with Gasteiger partial charge in [-0.3, -0.25) is 4.79 Å². The van der Waals surface area contributed by atoms with E-state index < -0.39 is 0 Å². The number of aromatic hydroxyl groups is 1. The molecule has 0 atom stereocenters. The van der Waals surface area contributed by atoms with Gasteiger partial charge in [-0.1, -0.05) is 18.9 Å². The summed E-state index contributed by atoms with van der Waals surface area (Å²) in [6.07, 6.45) is 8.30. The van der Waals surface area contributed by atoms with E-state index in [1.54, 1.807) is 35.8 Å². The predicted octanol–water partition coefficient (Wildman–Crippen LogP) is 7.13. The number of aliphatic imine (C=N–C) groups is 1. The Kier molecular flexibility index (Phi) is 7.68. The number of nitrogens with zero attached hydrogens (tertiary/aromatic N) is 1. The minimum absolute atomic E-state index is 0.103. The van der Waals surface area contributed by atoms with E-state index in [1.165, 1.54) is 23.3 Å². The summed E-state index contributed by atoms with van der Waals surface area (Å²) in [5.41, 5.74) is 5.80. The zero-order valence-corrected chi connectivity index (χ0v) is 20.9. The summed E-state index contributed by atoms with van der Waals surface area (Å²) in [6, 6.07) is 11.2. The number of benzene rings is 2. The third kappa shape index (κ3) is 5.50. The van der Waals surface area contributed by atoms with Crippen LogP contribution in [0.5, 0.6) is 11.5 Å². The second kappa shape index (κ2) is 10.9. The molecule has 1 heterocycles. The van der Waals surface area contributed by atoms with Crippen LogP contribution in [0, 0.1) is 13.8 Å². The van der Waals surface area contributed by atoms with Crippen LogP contribution < -0.4 is 10.1 Å². The molecule has 6 heteroatoms. The Morgan fingerprint density at radius 2 is 1.88 bits per heavy atom. The van der Waals surface area contributed by atoms with Crippen molar-refractivity contribution in [3.63, 3.8) is 0 Å². The molecule has 34 heavy (non-hydrogen) atoms. The fraction of sp³-hybridized carbons (Fsp3) is 0.357. The lowest BCUT2D eigenvalue weighted by molar-refractivity contribution is 0.102. The molecule has 0 bridgehead atoms. The molecular formula is C28H32N2O3S. The topological polar surface area (TPSA) is 70.9 Å². The molecule has 4 rings (SSSR count). The van der Waals surface area contributed by atoms with E-state index in [1.807, 2.05) is 25.1 Å². The van der Waals surface area contributed by atoms with Gasteiger partial charge in [0, 0.05) is 16.8 Å². The largest absolute Gasteiger partial charge is 0.504 e. The van der Waals surface area contributed by atoms with Crippen molar-refractivity contribution in [1.29, 1.82) is 0 Å². The van der Waals surface area contributed by atoms with Crippen LogP contribution in [0.1, 0.15) is 70.1 Å². The highest BCUT2D eigenvalue weighted by Gasteiger charge is 2.24. The maximum atomic E-state index is 13.5. The van der Waals surface area contributed by atoms with Gasteiger partial charge in [0.15, 0.2) is 11.5 Å². The molecule has 0 unspecified atom stereocenters. The maximum Gasteiger partial charge on any atom is 0.259 e. The van der Waals surface area contributed by atoms with Crippen molar-refractivity contribution in [2.75, 3.05) is 11.9 Å². The van der Waals surface area contributed by atoms with Gasteiger partial charge in [-0.2, -0.15) is 0 Å². The average Bonchev–Trinajstić information content (AvgIpc) is 3.13. The van der Waals surface area contributed by atoms with E-state index in [9.17, 15) is 9.90 Å². The molecule has 2 N–H and O–H groups in total. The van der Waals surface area contributed by atoms with Crippen molar-refractivity contribution in [3.8, 4) is 11.5 Å². The van der Waals surface area contributed by atoms with Crippen LogP contribution >= 0.6 is 11.3 Å². The van der Waals surface area contributed by atoms with Crippen molar-refractivity contribution in [2.24, 2.45) is 4.99 Å². The van der Waals surface area contributed by atoms with Crippen molar-refractivity contribution < 1.29 is 14.6 Å². The van der Waals surface area contributed by atoms with E-state index in [2.05, 4.69) is 19.2 Å². The highest BCUT2D eigenvalue weighted by molar-refractivity contribution is 7.16. The van der Waals surface area contributed by atoms with Gasteiger partial charge in [-0.15, -0.1) is 11.3 Å². The molecule has 1 aliphatic carbocycles. The van der Waals surface area contributed by atoms with Gasteiger partial charge in [0.05, 0.1) is 12.2 Å². The summed E-state index contributed by atoms with van der Waals surface area (Å²) in [5, 5.41) is 13.8. The first-order chi connectivity index (χ1) is 16.5. The fourth-order valence-corrected chi connectivity index (χ4v) is 5.49. The lowest BCUT2D eigenvalue weighted by Gasteiger charge is -2.12. The molecule has 0 radical (unpaired) electrons. The second-order valence-electron chi connectivity index (χ2n) is 8.77. The summed E-state index contributed by atoms with van der Waals surface area (Å²) in [4.78, 5) is 19.6. The molecule has 5 nitrogen and oxygen atoms in total. The Morgan fingerprint density at radius 3 is 2.65 bits per heavy atom. The van der Waals surface area contributed by atoms with Crippen LogP contribution in [0.15, 0.2) is 41.4 Å². The Bertz CT molecular complexity index is 1210. The summed E-state index contributed by atoms with van der Waals surface area (Å²) < 4.78 is 5.50. The van der Waals surface area contributed by atoms with Crippen LogP contribution in [0.2, 0.25) is 0 Å². The molecule has 0 spiro atoms. The maximum absolute atomic E-state index is 13.5. The average molecular weight is 477 g/mol. The summed E-state index contributed by atoms with van der Waals surface area (Å²) >= 11 is 1.63. The Hall–Kier alpha value is -3.12. The minimum atomic E-state index is -0.103. The van der Waals surface area contributed by atoms with E-state index in [0.717, 1.165) is 53.1 Å². The fourth-order valence-electron chi connectivity index (χ4n) is 4.26. The lowest BCUT2D eigenvalue weighted by Crippen LogP contribution is -2.14. The molecular weight excluding hydrogens is 444 g/mol. The van der Waals surface area contributed by atoms with E-state index in [0.29, 0.717) is 17.9 Å². The third-order valence-corrected chi connectivity index (χ3v) is 7.46. The number of amides is 1. The van der Waals surface area contributed by atoms with Crippen LogP contribution in [-0.2, 0) is 12.8 Å². The SMILES string of the molecule is CCOc1cc(C=Nc2sc3c(c2C(=O)Nc2ccc(C)c(C)c2)CCCCCC3)ccc1O. The van der Waals surface area contributed by atoms with Gasteiger partial charge in [0.1, 0.15) is 5.00 Å². The number of ether oxygens (including phenoxy) is 1. The Balaban J connectivity index is 1.69. The number of hydrogen-bond donors (Lipinski definition) is 2. The predicted molar refractivity (Wildman–Crippen MR) is 141 cm³/mol. The standard InChI is InChI=1S/C28H32N2O3S/c1-4-33-24-16-20(12-14-23(24)31)17-29-28-26(22-9-7-5-6-8-10-25(22)34-28)27(32)30-21-13-11-18(2)19(3)15-21/h11-17,31H,4-10H2,1-3H3,(H,30,32). The van der Waals surface area contributed by atoms with Gasteiger partial charge in [-0.05, 0) is 99.0 Å². The first kappa shape index (κ1) is 24.0. The number of rotatable bonds is 6. The Labute approximate surface area is 205 Å². The van der Waals surface area contributed by atoms with Crippen molar-refractivity contribution in [1.82, 2.24) is 0 Å².